The Balaban J connectivity index is 1.69. The monoisotopic (exact) mass is 587 g/mol. The SMILES string of the molecule is CC(C)COc1cc2c(=O)c3c4ccc(C#N)cc4[nH]c3n(C3CCCCC3)c2cc1-c1cccc(OS(=O)(=O)F)c1. The van der Waals surface area contributed by atoms with E-state index in [1.807, 2.05) is 26.0 Å². The van der Waals surface area contributed by atoms with Crippen LogP contribution in [0.3, 0.4) is 0 Å². The number of pyridine rings is 1. The number of nitriles is 1. The van der Waals surface area contributed by atoms with Gasteiger partial charge in [0, 0.05) is 22.5 Å². The molecule has 0 bridgehead atoms. The van der Waals surface area contributed by atoms with E-state index < -0.39 is 10.5 Å². The van der Waals surface area contributed by atoms with E-state index in [0.717, 1.165) is 43.0 Å². The van der Waals surface area contributed by atoms with Crippen LogP contribution in [0, 0.1) is 17.2 Å². The van der Waals surface area contributed by atoms with Crippen molar-refractivity contribution in [3.63, 3.8) is 0 Å². The molecule has 1 aliphatic carbocycles. The maximum Gasteiger partial charge on any atom is 0.488 e. The average Bonchev–Trinajstić information content (AvgIpc) is 3.34. The fraction of sp³-hybridized carbons (Fsp3) is 0.312. The summed E-state index contributed by atoms with van der Waals surface area (Å²) in [4.78, 5) is 17.7. The lowest BCUT2D eigenvalue weighted by Gasteiger charge is -2.28. The minimum absolute atomic E-state index is 0.134. The molecule has 42 heavy (non-hydrogen) atoms. The molecule has 0 spiro atoms. The number of nitrogens with one attached hydrogen (secondary N) is 1. The summed E-state index contributed by atoms with van der Waals surface area (Å²) in [6, 6.07) is 17.4. The number of rotatable bonds is 7. The van der Waals surface area contributed by atoms with Gasteiger partial charge in [0.2, 0.25) is 0 Å². The smallest absolute Gasteiger partial charge is 0.488 e. The third-order valence-corrected chi connectivity index (χ3v) is 8.22. The van der Waals surface area contributed by atoms with E-state index in [9.17, 15) is 22.4 Å². The molecule has 0 amide bonds. The zero-order chi connectivity index (χ0) is 29.6. The number of H-pyrrole nitrogens is 1. The molecule has 2 heterocycles. The molecule has 0 atom stereocenters. The first-order valence-electron chi connectivity index (χ1n) is 14.1. The first-order chi connectivity index (χ1) is 20.1. The van der Waals surface area contributed by atoms with Crippen molar-refractivity contribution in [3.8, 4) is 28.7 Å². The summed E-state index contributed by atoms with van der Waals surface area (Å²) < 4.78 is 48.7. The van der Waals surface area contributed by atoms with Crippen LogP contribution in [0.1, 0.15) is 57.6 Å². The van der Waals surface area contributed by atoms with Gasteiger partial charge in [-0.3, -0.25) is 4.79 Å². The maximum absolute atomic E-state index is 14.2. The predicted octanol–water partition coefficient (Wildman–Crippen LogP) is 7.31. The van der Waals surface area contributed by atoms with Crippen LogP contribution in [0.25, 0.3) is 44.0 Å². The zero-order valence-corrected chi connectivity index (χ0v) is 24.1. The number of ether oxygens (including phenoxy) is 1. The van der Waals surface area contributed by atoms with Gasteiger partial charge in [-0.1, -0.05) is 55.2 Å². The van der Waals surface area contributed by atoms with Crippen molar-refractivity contribution < 1.29 is 21.2 Å². The molecule has 2 aromatic heterocycles. The van der Waals surface area contributed by atoms with Crippen LogP contribution in [0.4, 0.5) is 3.89 Å². The van der Waals surface area contributed by atoms with Crippen LogP contribution in [0.5, 0.6) is 11.5 Å². The maximum atomic E-state index is 14.2. The van der Waals surface area contributed by atoms with Crippen LogP contribution in [0.2, 0.25) is 0 Å². The first kappa shape index (κ1) is 27.8. The molecule has 3 aromatic carbocycles. The number of nitrogens with zero attached hydrogens (tertiary/aromatic N) is 2. The third-order valence-electron chi connectivity index (χ3n) is 7.83. The topological polar surface area (TPSA) is 114 Å². The van der Waals surface area contributed by atoms with E-state index in [1.165, 1.54) is 12.1 Å². The highest BCUT2D eigenvalue weighted by molar-refractivity contribution is 7.81. The predicted molar refractivity (Wildman–Crippen MR) is 161 cm³/mol. The largest absolute Gasteiger partial charge is 0.493 e. The Bertz CT molecular complexity index is 2050. The van der Waals surface area contributed by atoms with Gasteiger partial charge < -0.3 is 18.5 Å². The molecule has 10 heteroatoms. The minimum atomic E-state index is -5.21. The molecule has 0 radical (unpaired) electrons. The second-order valence-electron chi connectivity index (χ2n) is 11.3. The normalized spacial score (nSPS) is 14.5. The highest BCUT2D eigenvalue weighted by Crippen LogP contribution is 2.40. The molecule has 0 saturated heterocycles. The molecule has 1 aliphatic rings. The van der Waals surface area contributed by atoms with E-state index in [-0.39, 0.29) is 23.1 Å². The minimum Gasteiger partial charge on any atom is -0.493 e. The molecule has 5 aromatic rings. The van der Waals surface area contributed by atoms with Gasteiger partial charge in [0.05, 0.1) is 34.5 Å². The summed E-state index contributed by atoms with van der Waals surface area (Å²) >= 11 is 0. The molecule has 1 saturated carbocycles. The Morgan fingerprint density at radius 2 is 1.86 bits per heavy atom. The summed E-state index contributed by atoms with van der Waals surface area (Å²) in [5, 5.41) is 11.3. The number of benzene rings is 3. The van der Waals surface area contributed by atoms with Crippen LogP contribution in [-0.2, 0) is 10.5 Å². The van der Waals surface area contributed by atoms with E-state index in [4.69, 9.17) is 4.74 Å². The van der Waals surface area contributed by atoms with Crippen LogP contribution >= 0.6 is 0 Å². The van der Waals surface area contributed by atoms with Crippen molar-refractivity contribution in [1.29, 1.82) is 5.26 Å². The second-order valence-corrected chi connectivity index (χ2v) is 12.2. The molecule has 0 unspecified atom stereocenters. The van der Waals surface area contributed by atoms with Crippen LogP contribution in [-0.4, -0.2) is 24.6 Å². The Labute approximate surface area is 242 Å². The van der Waals surface area contributed by atoms with Gasteiger partial charge >= 0.3 is 10.5 Å². The van der Waals surface area contributed by atoms with Crippen molar-refractivity contribution in [1.82, 2.24) is 9.55 Å². The average molecular weight is 588 g/mol. The number of hydrogen-bond donors (Lipinski definition) is 1. The standard InChI is InChI=1S/C32H30FN3O5S/c1-19(2)18-40-29-16-26-28(15-25(29)21-7-6-10-23(14-21)41-42(33,38)39)36(22-8-4-3-5-9-22)32-30(31(26)37)24-12-11-20(17-34)13-27(24)35-32/h6-7,10-16,19,22,35H,3-5,8-9,18H2,1-2H3. The zero-order valence-electron chi connectivity index (χ0n) is 23.3. The summed E-state index contributed by atoms with van der Waals surface area (Å²) in [6.07, 6.45) is 5.18. The van der Waals surface area contributed by atoms with Crippen LogP contribution in [0.15, 0.2) is 59.4 Å². The Morgan fingerprint density at radius 1 is 1.07 bits per heavy atom. The Kier molecular flexibility index (Phi) is 7.15. The van der Waals surface area contributed by atoms with Gasteiger partial charge in [-0.05, 0) is 60.7 Å². The third kappa shape index (κ3) is 5.21. The van der Waals surface area contributed by atoms with Gasteiger partial charge in [0.15, 0.2) is 5.43 Å². The van der Waals surface area contributed by atoms with E-state index in [2.05, 4.69) is 19.8 Å². The lowest BCUT2D eigenvalue weighted by molar-refractivity contribution is 0.272. The molecule has 6 rings (SSSR count). The number of halogens is 1. The van der Waals surface area contributed by atoms with Crippen molar-refractivity contribution in [2.24, 2.45) is 5.92 Å². The highest BCUT2D eigenvalue weighted by atomic mass is 32.3. The summed E-state index contributed by atoms with van der Waals surface area (Å²) in [7, 11) is -5.21. The van der Waals surface area contributed by atoms with Crippen molar-refractivity contribution >= 4 is 43.3 Å². The van der Waals surface area contributed by atoms with E-state index in [0.29, 0.717) is 51.0 Å². The number of aromatic nitrogens is 2. The summed E-state index contributed by atoms with van der Waals surface area (Å²) in [5.41, 5.74) is 3.65. The second kappa shape index (κ2) is 10.8. The van der Waals surface area contributed by atoms with Gasteiger partial charge in [-0.15, -0.1) is 0 Å². The van der Waals surface area contributed by atoms with E-state index in [1.54, 1.807) is 30.3 Å². The number of fused-ring (bicyclic) bond motifs is 4. The Hall–Kier alpha value is -4.36. The van der Waals surface area contributed by atoms with E-state index >= 15 is 0 Å². The van der Waals surface area contributed by atoms with Gasteiger partial charge in [-0.25, -0.2) is 0 Å². The Morgan fingerprint density at radius 3 is 2.57 bits per heavy atom. The van der Waals surface area contributed by atoms with Crippen molar-refractivity contribution in [2.45, 2.75) is 52.0 Å². The fourth-order valence-corrected chi connectivity index (χ4v) is 6.35. The highest BCUT2D eigenvalue weighted by Gasteiger charge is 2.25. The molecular weight excluding hydrogens is 557 g/mol. The van der Waals surface area contributed by atoms with Gasteiger partial charge in [-0.2, -0.15) is 13.7 Å². The number of hydrogen-bond acceptors (Lipinski definition) is 6. The lowest BCUT2D eigenvalue weighted by Crippen LogP contribution is -2.18. The van der Waals surface area contributed by atoms with Gasteiger partial charge in [0.1, 0.15) is 17.1 Å². The lowest BCUT2D eigenvalue weighted by atomic mass is 9.93. The molecule has 8 nitrogen and oxygen atoms in total. The molecule has 216 valence electrons. The summed E-state index contributed by atoms with van der Waals surface area (Å²) in [6.45, 7) is 4.42. The molecular formula is C32H30FN3O5S. The van der Waals surface area contributed by atoms with Gasteiger partial charge in [0.25, 0.3) is 0 Å². The number of aromatic amines is 1. The van der Waals surface area contributed by atoms with Crippen molar-refractivity contribution in [2.75, 3.05) is 6.61 Å². The van der Waals surface area contributed by atoms with Crippen molar-refractivity contribution in [3.05, 3.63) is 70.4 Å². The fourth-order valence-electron chi connectivity index (χ4n) is 6.02. The molecule has 0 aliphatic heterocycles. The molecule has 1 N–H and O–H groups in total. The van der Waals surface area contributed by atoms with Crippen LogP contribution < -0.4 is 14.3 Å². The summed E-state index contributed by atoms with van der Waals surface area (Å²) in [5.74, 6) is 0.480. The first-order valence-corrected chi connectivity index (χ1v) is 15.4. The molecule has 1 fully saturated rings. The quantitative estimate of drug-likeness (QED) is 0.200.